The number of amides is 5. The van der Waals surface area contributed by atoms with Gasteiger partial charge >= 0.3 is 12.2 Å². The Morgan fingerprint density at radius 3 is 2.02 bits per heavy atom. The number of hydrogen-bond donors (Lipinski definition) is 1. The maximum absolute atomic E-state index is 13.8. The van der Waals surface area contributed by atoms with Crippen LogP contribution in [0.15, 0.2) is 30.3 Å². The van der Waals surface area contributed by atoms with Crippen molar-refractivity contribution in [2.45, 2.75) is 90.5 Å². The number of likely N-dealkylation sites (tertiary alicyclic amines) is 1. The SMILES string of the molecule is CC(C)(C)OC(=O)N1C[C@H](N(C(=O)CN)C(=O)OC(C)(C)C)C[C@H]1C(=O)N1CCN(C(=O)CCCc2ccccc2)CC1. The fraction of sp³-hybridized carbons (Fsp3) is 0.645. The zero-order valence-corrected chi connectivity index (χ0v) is 26.3. The van der Waals surface area contributed by atoms with Gasteiger partial charge in [-0.3, -0.25) is 19.3 Å². The second-order valence-corrected chi connectivity index (χ2v) is 13.0. The van der Waals surface area contributed by atoms with E-state index in [1.807, 2.05) is 30.3 Å². The number of nitrogens with two attached hydrogens (primary N) is 1. The summed E-state index contributed by atoms with van der Waals surface area (Å²) in [5.41, 5.74) is 5.11. The lowest BCUT2D eigenvalue weighted by atomic mass is 10.1. The van der Waals surface area contributed by atoms with E-state index in [0.29, 0.717) is 32.6 Å². The molecule has 43 heavy (non-hydrogen) atoms. The quantitative estimate of drug-likeness (QED) is 0.503. The average molecular weight is 602 g/mol. The summed E-state index contributed by atoms with van der Waals surface area (Å²) in [6, 6.07) is 8.21. The van der Waals surface area contributed by atoms with Crippen LogP contribution in [0.1, 0.15) is 66.4 Å². The molecular formula is C31H47N5O7. The summed E-state index contributed by atoms with van der Waals surface area (Å²) in [5, 5.41) is 0. The molecule has 2 saturated heterocycles. The number of carbonyl (C=O) groups is 5. The fourth-order valence-electron chi connectivity index (χ4n) is 5.25. The summed E-state index contributed by atoms with van der Waals surface area (Å²) in [7, 11) is 0. The van der Waals surface area contributed by atoms with Crippen LogP contribution in [0.2, 0.25) is 0 Å². The first-order valence-corrected chi connectivity index (χ1v) is 14.9. The van der Waals surface area contributed by atoms with Crippen molar-refractivity contribution < 1.29 is 33.4 Å². The minimum Gasteiger partial charge on any atom is -0.444 e. The maximum atomic E-state index is 13.8. The standard InChI is InChI=1S/C31H47N5O7/c1-30(2,3)42-28(40)35-21-23(36(26(38)20-32)29(41)43-31(4,5)6)19-24(35)27(39)34-17-15-33(16-18-34)25(37)14-10-13-22-11-8-7-9-12-22/h7-9,11-12,23-24H,10,13-21,32H2,1-6H3/t23-,24+/m1/s1. The van der Waals surface area contributed by atoms with E-state index in [9.17, 15) is 24.0 Å². The Balaban J connectivity index is 1.69. The summed E-state index contributed by atoms with van der Waals surface area (Å²) in [5.74, 6) is -0.947. The molecule has 2 N–H and O–H groups in total. The molecule has 2 fully saturated rings. The van der Waals surface area contributed by atoms with Crippen LogP contribution >= 0.6 is 0 Å². The third-order valence-corrected chi connectivity index (χ3v) is 7.23. The molecule has 0 aliphatic carbocycles. The van der Waals surface area contributed by atoms with Gasteiger partial charge in [0.2, 0.25) is 17.7 Å². The zero-order valence-electron chi connectivity index (χ0n) is 26.3. The third-order valence-electron chi connectivity index (χ3n) is 7.23. The molecule has 238 valence electrons. The number of hydrogen-bond acceptors (Lipinski definition) is 8. The molecule has 2 heterocycles. The molecule has 12 nitrogen and oxygen atoms in total. The van der Waals surface area contributed by atoms with Gasteiger partial charge in [0.05, 0.1) is 12.6 Å². The number of carbonyl (C=O) groups excluding carboxylic acids is 5. The van der Waals surface area contributed by atoms with Gasteiger partial charge in [-0.1, -0.05) is 30.3 Å². The maximum Gasteiger partial charge on any atom is 0.417 e. The van der Waals surface area contributed by atoms with E-state index >= 15 is 0 Å². The topological polar surface area (TPSA) is 143 Å². The Morgan fingerprint density at radius 1 is 0.884 bits per heavy atom. The molecule has 2 aliphatic heterocycles. The van der Waals surface area contributed by atoms with Gasteiger partial charge in [0.1, 0.15) is 17.2 Å². The number of benzene rings is 1. The van der Waals surface area contributed by atoms with Crippen LogP contribution in [0.4, 0.5) is 9.59 Å². The molecular weight excluding hydrogens is 554 g/mol. The molecule has 0 saturated carbocycles. The van der Waals surface area contributed by atoms with Crippen LogP contribution in [0, 0.1) is 0 Å². The molecule has 1 aromatic rings. The molecule has 0 radical (unpaired) electrons. The molecule has 0 aromatic heterocycles. The summed E-state index contributed by atoms with van der Waals surface area (Å²) in [4.78, 5) is 71.3. The Morgan fingerprint density at radius 2 is 1.47 bits per heavy atom. The Labute approximate surface area is 254 Å². The van der Waals surface area contributed by atoms with Gasteiger partial charge in [-0.05, 0) is 66.4 Å². The second kappa shape index (κ2) is 14.2. The van der Waals surface area contributed by atoms with Crippen LogP contribution in [0.25, 0.3) is 0 Å². The highest BCUT2D eigenvalue weighted by atomic mass is 16.6. The lowest BCUT2D eigenvalue weighted by Gasteiger charge is -2.37. The van der Waals surface area contributed by atoms with E-state index in [4.69, 9.17) is 15.2 Å². The molecule has 0 bridgehead atoms. The van der Waals surface area contributed by atoms with Crippen molar-refractivity contribution in [2.24, 2.45) is 5.73 Å². The Hall–Kier alpha value is -3.67. The lowest BCUT2D eigenvalue weighted by Crippen LogP contribution is -2.55. The molecule has 3 rings (SSSR count). The van der Waals surface area contributed by atoms with E-state index in [0.717, 1.165) is 17.7 Å². The molecule has 0 spiro atoms. The lowest BCUT2D eigenvalue weighted by molar-refractivity contribution is -0.142. The van der Waals surface area contributed by atoms with Crippen molar-refractivity contribution in [1.29, 1.82) is 0 Å². The van der Waals surface area contributed by atoms with Gasteiger partial charge in [-0.15, -0.1) is 0 Å². The number of imide groups is 1. The number of piperazine rings is 1. The van der Waals surface area contributed by atoms with Gasteiger partial charge in [0, 0.05) is 39.1 Å². The van der Waals surface area contributed by atoms with Crippen molar-refractivity contribution >= 4 is 29.9 Å². The van der Waals surface area contributed by atoms with E-state index in [2.05, 4.69) is 0 Å². The number of aryl methyl sites for hydroxylation is 1. The molecule has 2 atom stereocenters. The Bertz CT molecular complexity index is 1150. The first-order chi connectivity index (χ1) is 20.1. The summed E-state index contributed by atoms with van der Waals surface area (Å²) < 4.78 is 11.0. The highest BCUT2D eigenvalue weighted by molar-refractivity contribution is 5.94. The van der Waals surface area contributed by atoms with Crippen molar-refractivity contribution in [3.8, 4) is 0 Å². The zero-order chi connectivity index (χ0) is 31.9. The normalized spacial score (nSPS) is 19.2. The van der Waals surface area contributed by atoms with Gasteiger partial charge in [-0.2, -0.15) is 0 Å². The van der Waals surface area contributed by atoms with Crippen molar-refractivity contribution in [1.82, 2.24) is 19.6 Å². The van der Waals surface area contributed by atoms with E-state index < -0.39 is 47.9 Å². The van der Waals surface area contributed by atoms with Crippen LogP contribution in [-0.4, -0.2) is 112 Å². The van der Waals surface area contributed by atoms with Crippen LogP contribution in [-0.2, 0) is 30.3 Å². The first kappa shape index (κ1) is 33.8. The Kier molecular flexibility index (Phi) is 11.2. The van der Waals surface area contributed by atoms with E-state index in [-0.39, 0.29) is 24.8 Å². The molecule has 2 aliphatic rings. The molecule has 1 aromatic carbocycles. The summed E-state index contributed by atoms with van der Waals surface area (Å²) in [6.07, 6.45) is 0.402. The van der Waals surface area contributed by atoms with Crippen molar-refractivity contribution in [2.75, 3.05) is 39.3 Å². The second-order valence-electron chi connectivity index (χ2n) is 13.0. The van der Waals surface area contributed by atoms with Crippen molar-refractivity contribution in [3.05, 3.63) is 35.9 Å². The van der Waals surface area contributed by atoms with Crippen LogP contribution in [0.5, 0.6) is 0 Å². The molecule has 5 amide bonds. The molecule has 0 unspecified atom stereocenters. The van der Waals surface area contributed by atoms with E-state index in [1.165, 1.54) is 10.5 Å². The number of nitrogens with zero attached hydrogens (tertiary/aromatic N) is 4. The van der Waals surface area contributed by atoms with Gasteiger partial charge < -0.3 is 25.0 Å². The molecule has 12 heteroatoms. The van der Waals surface area contributed by atoms with Crippen LogP contribution in [0.3, 0.4) is 0 Å². The highest BCUT2D eigenvalue weighted by Crippen LogP contribution is 2.28. The van der Waals surface area contributed by atoms with Gasteiger partial charge in [-0.25, -0.2) is 14.5 Å². The van der Waals surface area contributed by atoms with E-state index in [1.54, 1.807) is 51.3 Å². The largest absolute Gasteiger partial charge is 0.444 e. The number of rotatable bonds is 7. The van der Waals surface area contributed by atoms with Gasteiger partial charge in [0.25, 0.3) is 0 Å². The average Bonchev–Trinajstić information content (AvgIpc) is 3.36. The minimum atomic E-state index is -0.969. The summed E-state index contributed by atoms with van der Waals surface area (Å²) in [6.45, 7) is 11.0. The number of ether oxygens (including phenoxy) is 2. The van der Waals surface area contributed by atoms with Crippen molar-refractivity contribution in [3.63, 3.8) is 0 Å². The van der Waals surface area contributed by atoms with Crippen LogP contribution < -0.4 is 5.73 Å². The predicted molar refractivity (Wildman–Crippen MR) is 160 cm³/mol. The smallest absolute Gasteiger partial charge is 0.417 e. The highest BCUT2D eigenvalue weighted by Gasteiger charge is 2.48. The first-order valence-electron chi connectivity index (χ1n) is 14.9. The third kappa shape index (κ3) is 9.67. The minimum absolute atomic E-state index is 0.0156. The monoisotopic (exact) mass is 601 g/mol. The predicted octanol–water partition coefficient (Wildman–Crippen LogP) is 2.78. The summed E-state index contributed by atoms with van der Waals surface area (Å²) >= 11 is 0. The van der Waals surface area contributed by atoms with Gasteiger partial charge in [0.15, 0.2) is 0 Å². The fourth-order valence-corrected chi connectivity index (χ4v) is 5.25.